The molecule has 0 bridgehead atoms. The lowest BCUT2D eigenvalue weighted by atomic mass is 10.2. The summed E-state index contributed by atoms with van der Waals surface area (Å²) in [5.41, 5.74) is 0.716. The summed E-state index contributed by atoms with van der Waals surface area (Å²) in [5.74, 6) is 0.0705. The summed E-state index contributed by atoms with van der Waals surface area (Å²) in [7, 11) is 0. The highest BCUT2D eigenvalue weighted by Crippen LogP contribution is 2.27. The minimum Gasteiger partial charge on any atom is -0.294 e. The number of Topliss-reactive ketones (excluding diaryl/α,β-unsaturated/α-hetero) is 1. The Bertz CT molecular complexity index is 336. The number of halogens is 3. The van der Waals surface area contributed by atoms with Crippen LogP contribution in [-0.2, 0) is 0 Å². The SMILES string of the molecule is CC(=O)c1cc(Br)cc(I)c1Br. The molecule has 0 atom stereocenters. The molecule has 0 aliphatic heterocycles. The van der Waals surface area contributed by atoms with E-state index in [0.29, 0.717) is 5.56 Å². The number of hydrogen-bond donors (Lipinski definition) is 0. The van der Waals surface area contributed by atoms with E-state index in [-0.39, 0.29) is 5.78 Å². The molecule has 0 aliphatic rings. The van der Waals surface area contributed by atoms with Crippen molar-refractivity contribution < 1.29 is 4.79 Å². The highest BCUT2D eigenvalue weighted by atomic mass is 127. The van der Waals surface area contributed by atoms with Crippen molar-refractivity contribution in [2.45, 2.75) is 6.92 Å². The van der Waals surface area contributed by atoms with Crippen molar-refractivity contribution in [2.75, 3.05) is 0 Å². The second-order valence-electron chi connectivity index (χ2n) is 2.31. The van der Waals surface area contributed by atoms with Gasteiger partial charge in [0.1, 0.15) is 0 Å². The Balaban J connectivity index is 3.37. The third kappa shape index (κ3) is 2.29. The molecule has 1 aromatic rings. The molecule has 0 fully saturated rings. The lowest BCUT2D eigenvalue weighted by Crippen LogP contribution is -1.95. The van der Waals surface area contributed by atoms with Crippen LogP contribution in [0, 0.1) is 3.57 Å². The second kappa shape index (κ2) is 4.19. The van der Waals surface area contributed by atoms with Crippen LogP contribution in [0.25, 0.3) is 0 Å². The first kappa shape index (κ1) is 10.7. The lowest BCUT2D eigenvalue weighted by Gasteiger charge is -2.03. The van der Waals surface area contributed by atoms with Crippen molar-refractivity contribution in [3.05, 3.63) is 30.2 Å². The lowest BCUT2D eigenvalue weighted by molar-refractivity contribution is 0.101. The summed E-state index contributed by atoms with van der Waals surface area (Å²) in [6.07, 6.45) is 0. The van der Waals surface area contributed by atoms with Gasteiger partial charge in [0.25, 0.3) is 0 Å². The fourth-order valence-electron chi connectivity index (χ4n) is 0.812. The molecule has 0 aromatic heterocycles. The molecule has 12 heavy (non-hydrogen) atoms. The van der Waals surface area contributed by atoms with Crippen LogP contribution in [0.4, 0.5) is 0 Å². The fourth-order valence-corrected chi connectivity index (χ4v) is 2.83. The Kier molecular flexibility index (Phi) is 3.73. The Morgan fingerprint density at radius 3 is 2.50 bits per heavy atom. The standard InChI is InChI=1S/C8H5Br2IO/c1-4(12)6-2-5(9)3-7(11)8(6)10/h2-3H,1H3. The van der Waals surface area contributed by atoms with Crippen LogP contribution in [0.15, 0.2) is 21.1 Å². The topological polar surface area (TPSA) is 17.1 Å². The molecule has 0 spiro atoms. The van der Waals surface area contributed by atoms with Crippen LogP contribution >= 0.6 is 54.5 Å². The van der Waals surface area contributed by atoms with Crippen LogP contribution in [-0.4, -0.2) is 5.78 Å². The van der Waals surface area contributed by atoms with Crippen molar-refractivity contribution in [3.63, 3.8) is 0 Å². The minimum atomic E-state index is 0.0705. The van der Waals surface area contributed by atoms with Gasteiger partial charge in [-0.05, 0) is 57.6 Å². The van der Waals surface area contributed by atoms with Crippen LogP contribution in [0.2, 0.25) is 0 Å². The molecule has 0 unspecified atom stereocenters. The van der Waals surface area contributed by atoms with Gasteiger partial charge in [-0.3, -0.25) is 4.79 Å². The maximum atomic E-state index is 11.1. The molecule has 0 amide bonds. The third-order valence-corrected chi connectivity index (χ3v) is 4.28. The average Bonchev–Trinajstić information content (AvgIpc) is 1.96. The predicted octanol–water partition coefficient (Wildman–Crippen LogP) is 4.02. The molecule has 1 aromatic carbocycles. The van der Waals surface area contributed by atoms with Gasteiger partial charge in [0, 0.05) is 18.1 Å². The predicted molar refractivity (Wildman–Crippen MR) is 64.6 cm³/mol. The highest BCUT2D eigenvalue weighted by molar-refractivity contribution is 14.1. The third-order valence-electron chi connectivity index (χ3n) is 1.37. The van der Waals surface area contributed by atoms with Gasteiger partial charge in [-0.1, -0.05) is 15.9 Å². The molecule has 0 radical (unpaired) electrons. The van der Waals surface area contributed by atoms with E-state index in [1.54, 1.807) is 6.92 Å². The van der Waals surface area contributed by atoms with Crippen molar-refractivity contribution >= 4 is 60.2 Å². The normalized spacial score (nSPS) is 10.0. The van der Waals surface area contributed by atoms with Gasteiger partial charge in [0.2, 0.25) is 0 Å². The van der Waals surface area contributed by atoms with E-state index in [9.17, 15) is 4.79 Å². The molecule has 0 aliphatic carbocycles. The molecule has 0 saturated heterocycles. The van der Waals surface area contributed by atoms with E-state index in [1.807, 2.05) is 12.1 Å². The Morgan fingerprint density at radius 1 is 1.42 bits per heavy atom. The Hall–Kier alpha value is 0.580. The fraction of sp³-hybridized carbons (Fsp3) is 0.125. The number of hydrogen-bond acceptors (Lipinski definition) is 1. The van der Waals surface area contributed by atoms with Gasteiger partial charge in [0.15, 0.2) is 5.78 Å². The zero-order chi connectivity index (χ0) is 9.30. The molecule has 0 saturated carbocycles. The summed E-state index contributed by atoms with van der Waals surface area (Å²) in [5, 5.41) is 0. The Morgan fingerprint density at radius 2 is 2.00 bits per heavy atom. The minimum absolute atomic E-state index is 0.0705. The van der Waals surface area contributed by atoms with E-state index in [0.717, 1.165) is 12.5 Å². The van der Waals surface area contributed by atoms with Crippen LogP contribution < -0.4 is 0 Å². The molecule has 1 rings (SSSR count). The highest BCUT2D eigenvalue weighted by Gasteiger charge is 2.08. The van der Waals surface area contributed by atoms with Crippen molar-refractivity contribution in [3.8, 4) is 0 Å². The quantitative estimate of drug-likeness (QED) is 0.393. The number of carbonyl (C=O) groups is 1. The number of benzene rings is 1. The molecular formula is C8H5Br2IO. The monoisotopic (exact) mass is 402 g/mol. The van der Waals surface area contributed by atoms with E-state index < -0.39 is 0 Å². The molecule has 1 nitrogen and oxygen atoms in total. The molecule has 0 N–H and O–H groups in total. The van der Waals surface area contributed by atoms with Gasteiger partial charge in [0.05, 0.1) is 0 Å². The van der Waals surface area contributed by atoms with Crippen LogP contribution in [0.5, 0.6) is 0 Å². The number of rotatable bonds is 1. The maximum Gasteiger partial charge on any atom is 0.161 e. The molecule has 64 valence electrons. The van der Waals surface area contributed by atoms with Crippen LogP contribution in [0.1, 0.15) is 17.3 Å². The summed E-state index contributed by atoms with van der Waals surface area (Å²) < 4.78 is 2.84. The van der Waals surface area contributed by atoms with Crippen molar-refractivity contribution in [1.82, 2.24) is 0 Å². The summed E-state index contributed by atoms with van der Waals surface area (Å²) >= 11 is 8.88. The first-order chi connectivity index (χ1) is 5.52. The van der Waals surface area contributed by atoms with E-state index >= 15 is 0 Å². The van der Waals surface area contributed by atoms with Gasteiger partial charge in [-0.15, -0.1) is 0 Å². The van der Waals surface area contributed by atoms with Gasteiger partial charge in [-0.2, -0.15) is 0 Å². The first-order valence-corrected chi connectivity index (χ1v) is 5.84. The zero-order valence-electron chi connectivity index (χ0n) is 6.20. The van der Waals surface area contributed by atoms with Gasteiger partial charge < -0.3 is 0 Å². The van der Waals surface area contributed by atoms with Crippen LogP contribution in [0.3, 0.4) is 0 Å². The maximum absolute atomic E-state index is 11.1. The van der Waals surface area contributed by atoms with Crippen molar-refractivity contribution in [1.29, 1.82) is 0 Å². The largest absolute Gasteiger partial charge is 0.294 e. The average molecular weight is 404 g/mol. The van der Waals surface area contributed by atoms with Gasteiger partial charge in [-0.25, -0.2) is 0 Å². The van der Waals surface area contributed by atoms with E-state index in [4.69, 9.17) is 0 Å². The summed E-state index contributed by atoms with van der Waals surface area (Å²) in [4.78, 5) is 11.1. The summed E-state index contributed by atoms with van der Waals surface area (Å²) in [6.45, 7) is 1.56. The smallest absolute Gasteiger partial charge is 0.161 e. The molecule has 4 heteroatoms. The zero-order valence-corrected chi connectivity index (χ0v) is 11.5. The first-order valence-electron chi connectivity index (χ1n) is 3.18. The van der Waals surface area contributed by atoms with Gasteiger partial charge >= 0.3 is 0 Å². The molecule has 0 heterocycles. The summed E-state index contributed by atoms with van der Waals surface area (Å²) in [6, 6.07) is 3.77. The Labute approximate surface area is 101 Å². The van der Waals surface area contributed by atoms with Crippen molar-refractivity contribution in [2.24, 2.45) is 0 Å². The number of ketones is 1. The number of carbonyl (C=O) groups excluding carboxylic acids is 1. The molecular weight excluding hydrogens is 399 g/mol. The van der Waals surface area contributed by atoms with E-state index in [2.05, 4.69) is 54.5 Å². The van der Waals surface area contributed by atoms with E-state index in [1.165, 1.54) is 0 Å². The second-order valence-corrected chi connectivity index (χ2v) is 5.18.